The Balaban J connectivity index is 1.61. The van der Waals surface area contributed by atoms with Crippen LogP contribution in [0.25, 0.3) is 5.69 Å². The van der Waals surface area contributed by atoms with Gasteiger partial charge in [-0.3, -0.25) is 9.36 Å². The number of hydrogen-bond acceptors (Lipinski definition) is 6. The van der Waals surface area contributed by atoms with Gasteiger partial charge >= 0.3 is 0 Å². The molecule has 1 N–H and O–H groups in total. The fourth-order valence-corrected chi connectivity index (χ4v) is 4.66. The lowest BCUT2D eigenvalue weighted by molar-refractivity contribution is 0.0946. The lowest BCUT2D eigenvalue weighted by Gasteiger charge is -2.14. The molecule has 0 radical (unpaired) electrons. The van der Waals surface area contributed by atoms with Gasteiger partial charge in [0.25, 0.3) is 5.91 Å². The molecule has 0 bridgehead atoms. The number of amides is 1. The van der Waals surface area contributed by atoms with Crippen LogP contribution in [0.3, 0.4) is 0 Å². The van der Waals surface area contributed by atoms with Gasteiger partial charge in [0.05, 0.1) is 37.0 Å². The maximum Gasteiger partial charge on any atom is 0.255 e. The van der Waals surface area contributed by atoms with Crippen molar-refractivity contribution >= 4 is 40.9 Å². The first kappa shape index (κ1) is 24.9. The Morgan fingerprint density at radius 3 is 2.54 bits per heavy atom. The van der Waals surface area contributed by atoms with E-state index in [9.17, 15) is 4.79 Å². The Morgan fingerprint density at radius 1 is 1.00 bits per heavy atom. The van der Waals surface area contributed by atoms with E-state index >= 15 is 0 Å². The van der Waals surface area contributed by atoms with Crippen LogP contribution in [0, 0.1) is 0 Å². The molecule has 1 amide bonds. The average molecular weight is 529 g/mol. The second-order valence-corrected chi connectivity index (χ2v) is 9.14. The predicted molar refractivity (Wildman–Crippen MR) is 138 cm³/mol. The normalized spacial score (nSPS) is 10.7. The van der Waals surface area contributed by atoms with E-state index < -0.39 is 0 Å². The number of methoxy groups -OCH3 is 2. The summed E-state index contributed by atoms with van der Waals surface area (Å²) in [5.41, 5.74) is 2.15. The molecule has 0 atom stereocenters. The van der Waals surface area contributed by atoms with Crippen molar-refractivity contribution < 1.29 is 14.3 Å². The Labute approximate surface area is 217 Å². The molecule has 1 heterocycles. The highest BCUT2D eigenvalue weighted by molar-refractivity contribution is 7.98. The van der Waals surface area contributed by atoms with Crippen LogP contribution in [-0.2, 0) is 12.3 Å². The van der Waals surface area contributed by atoms with Gasteiger partial charge in [-0.15, -0.1) is 10.2 Å². The first-order valence-electron chi connectivity index (χ1n) is 10.6. The molecule has 35 heavy (non-hydrogen) atoms. The number of benzene rings is 3. The standard InChI is InChI=1S/C25H22Cl2N4O3S/c1-33-18-9-10-19(22(13-18)34-2)24(32)28-14-23-29-30-25(35-15-16-6-4-3-5-7-16)31(23)21-12-17(26)8-11-20(21)27/h3-13H,14-15H2,1-2H3,(H,28,32). The first-order valence-corrected chi connectivity index (χ1v) is 12.3. The van der Waals surface area contributed by atoms with Gasteiger partial charge in [0.1, 0.15) is 11.5 Å². The highest BCUT2D eigenvalue weighted by Crippen LogP contribution is 2.31. The SMILES string of the molecule is COc1ccc(C(=O)NCc2nnc(SCc3ccccc3)n2-c2cc(Cl)ccc2Cl)c(OC)c1. The van der Waals surface area contributed by atoms with E-state index in [1.54, 1.807) is 43.5 Å². The van der Waals surface area contributed by atoms with Gasteiger partial charge in [0, 0.05) is 16.8 Å². The van der Waals surface area contributed by atoms with Gasteiger partial charge in [-0.2, -0.15) is 0 Å². The molecule has 3 aromatic carbocycles. The van der Waals surface area contributed by atoms with Crippen LogP contribution < -0.4 is 14.8 Å². The summed E-state index contributed by atoms with van der Waals surface area (Å²) in [6, 6.07) is 20.2. The van der Waals surface area contributed by atoms with Crippen molar-refractivity contribution in [2.45, 2.75) is 17.5 Å². The number of rotatable bonds is 9. The Kier molecular flexibility index (Phi) is 8.17. The molecule has 0 unspecified atom stereocenters. The summed E-state index contributed by atoms with van der Waals surface area (Å²) in [5.74, 6) is 1.86. The van der Waals surface area contributed by atoms with E-state index in [4.69, 9.17) is 32.7 Å². The summed E-state index contributed by atoms with van der Waals surface area (Å²) >= 11 is 14.3. The van der Waals surface area contributed by atoms with Gasteiger partial charge in [-0.05, 0) is 35.9 Å². The Bertz CT molecular complexity index is 1330. The number of carbonyl (C=O) groups excluding carboxylic acids is 1. The zero-order chi connectivity index (χ0) is 24.8. The summed E-state index contributed by atoms with van der Waals surface area (Å²) in [7, 11) is 3.05. The number of nitrogens with one attached hydrogen (secondary N) is 1. The smallest absolute Gasteiger partial charge is 0.255 e. The van der Waals surface area contributed by atoms with Crippen LogP contribution in [0.4, 0.5) is 0 Å². The molecule has 0 fully saturated rings. The third-order valence-electron chi connectivity index (χ3n) is 5.12. The number of carbonyl (C=O) groups is 1. The van der Waals surface area contributed by atoms with Crippen LogP contribution in [0.1, 0.15) is 21.7 Å². The van der Waals surface area contributed by atoms with Crippen LogP contribution in [0.15, 0.2) is 71.9 Å². The lowest BCUT2D eigenvalue weighted by Crippen LogP contribution is -2.25. The average Bonchev–Trinajstić information content (AvgIpc) is 3.30. The molecule has 4 rings (SSSR count). The Hall–Kier alpha value is -3.20. The molecule has 0 aliphatic carbocycles. The topological polar surface area (TPSA) is 78.3 Å². The van der Waals surface area contributed by atoms with Gasteiger partial charge in [-0.25, -0.2) is 0 Å². The minimum atomic E-state index is -0.324. The number of hydrogen-bond donors (Lipinski definition) is 1. The van der Waals surface area contributed by atoms with E-state index in [1.165, 1.54) is 18.9 Å². The summed E-state index contributed by atoms with van der Waals surface area (Å²) in [5, 5.41) is 13.2. The van der Waals surface area contributed by atoms with Crippen LogP contribution in [-0.4, -0.2) is 34.9 Å². The molecule has 4 aromatic rings. The van der Waals surface area contributed by atoms with E-state index in [-0.39, 0.29) is 12.5 Å². The molecular formula is C25H22Cl2N4O3S. The van der Waals surface area contributed by atoms with E-state index in [0.29, 0.717) is 49.5 Å². The number of nitrogens with zero attached hydrogens (tertiary/aromatic N) is 3. The number of halogens is 2. The van der Waals surface area contributed by atoms with Crippen molar-refractivity contribution in [2.24, 2.45) is 0 Å². The van der Waals surface area contributed by atoms with Gasteiger partial charge < -0.3 is 14.8 Å². The van der Waals surface area contributed by atoms with E-state index in [1.807, 2.05) is 34.9 Å². The summed E-state index contributed by atoms with van der Waals surface area (Å²) in [4.78, 5) is 12.9. The summed E-state index contributed by atoms with van der Waals surface area (Å²) in [6.07, 6.45) is 0. The molecule has 1 aromatic heterocycles. The first-order chi connectivity index (χ1) is 17.0. The van der Waals surface area contributed by atoms with Crippen molar-refractivity contribution in [3.8, 4) is 17.2 Å². The molecule has 0 saturated carbocycles. The molecule has 0 aliphatic rings. The monoisotopic (exact) mass is 528 g/mol. The fraction of sp³-hybridized carbons (Fsp3) is 0.160. The molecule has 0 spiro atoms. The van der Waals surface area contributed by atoms with Crippen LogP contribution >= 0.6 is 35.0 Å². The third kappa shape index (κ3) is 5.90. The zero-order valence-electron chi connectivity index (χ0n) is 19.0. The molecular weight excluding hydrogens is 507 g/mol. The number of aromatic nitrogens is 3. The lowest BCUT2D eigenvalue weighted by atomic mass is 10.1. The molecule has 7 nitrogen and oxygen atoms in total. The van der Waals surface area contributed by atoms with Gasteiger partial charge in [0.15, 0.2) is 11.0 Å². The van der Waals surface area contributed by atoms with Crippen molar-refractivity contribution in [3.63, 3.8) is 0 Å². The molecule has 0 saturated heterocycles. The fourth-order valence-electron chi connectivity index (χ4n) is 3.37. The largest absolute Gasteiger partial charge is 0.497 e. The zero-order valence-corrected chi connectivity index (χ0v) is 21.3. The van der Waals surface area contributed by atoms with E-state index in [2.05, 4.69) is 15.5 Å². The van der Waals surface area contributed by atoms with Crippen molar-refractivity contribution in [3.05, 3.63) is 93.7 Å². The van der Waals surface area contributed by atoms with Crippen molar-refractivity contribution in [1.29, 1.82) is 0 Å². The molecule has 0 aliphatic heterocycles. The summed E-state index contributed by atoms with van der Waals surface area (Å²) in [6.45, 7) is 0.107. The van der Waals surface area contributed by atoms with Crippen LogP contribution in [0.5, 0.6) is 11.5 Å². The number of thioether (sulfide) groups is 1. The maximum absolute atomic E-state index is 12.9. The third-order valence-corrected chi connectivity index (χ3v) is 6.68. The molecule has 10 heteroatoms. The van der Waals surface area contributed by atoms with Crippen molar-refractivity contribution in [1.82, 2.24) is 20.1 Å². The highest BCUT2D eigenvalue weighted by atomic mass is 35.5. The van der Waals surface area contributed by atoms with Crippen molar-refractivity contribution in [2.75, 3.05) is 14.2 Å². The number of ether oxygens (including phenoxy) is 2. The Morgan fingerprint density at radius 2 is 1.80 bits per heavy atom. The molecule has 180 valence electrons. The van der Waals surface area contributed by atoms with Gasteiger partial charge in [-0.1, -0.05) is 65.3 Å². The maximum atomic E-state index is 12.9. The predicted octanol–water partition coefficient (Wildman–Crippen LogP) is 5.81. The van der Waals surface area contributed by atoms with Crippen LogP contribution in [0.2, 0.25) is 10.0 Å². The quantitative estimate of drug-likeness (QED) is 0.276. The van der Waals surface area contributed by atoms with E-state index in [0.717, 1.165) is 5.56 Å². The minimum absolute atomic E-state index is 0.107. The minimum Gasteiger partial charge on any atom is -0.497 e. The second-order valence-electron chi connectivity index (χ2n) is 7.35. The second kappa shape index (κ2) is 11.5. The highest BCUT2D eigenvalue weighted by Gasteiger charge is 2.19. The summed E-state index contributed by atoms with van der Waals surface area (Å²) < 4.78 is 12.4. The van der Waals surface area contributed by atoms with Gasteiger partial charge in [0.2, 0.25) is 0 Å².